The number of carbonyl (C=O) groups excluding carboxylic acids is 5. The molecule has 32 heavy (non-hydrogen) atoms. The van der Waals surface area contributed by atoms with E-state index in [0.29, 0.717) is 13.0 Å². The molecule has 0 bridgehead atoms. The van der Waals surface area contributed by atoms with Gasteiger partial charge in [0.25, 0.3) is 5.91 Å². The summed E-state index contributed by atoms with van der Waals surface area (Å²) in [6, 6.07) is -2.01. The third kappa shape index (κ3) is 4.68. The van der Waals surface area contributed by atoms with Gasteiger partial charge in [-0.3, -0.25) is 24.0 Å². The highest BCUT2D eigenvalue weighted by Crippen LogP contribution is 2.64. The van der Waals surface area contributed by atoms with Crippen LogP contribution in [0.5, 0.6) is 0 Å². The van der Waals surface area contributed by atoms with Gasteiger partial charge in [0, 0.05) is 19.0 Å². The normalized spacial score (nSPS) is 29.0. The summed E-state index contributed by atoms with van der Waals surface area (Å²) in [6.45, 7) is 4.06. The molecule has 1 unspecified atom stereocenters. The molecule has 3 aliphatic rings. The third-order valence-electron chi connectivity index (χ3n) is 6.99. The van der Waals surface area contributed by atoms with E-state index in [1.54, 1.807) is 0 Å². The predicted octanol–water partition coefficient (Wildman–Crippen LogP) is -1.26. The van der Waals surface area contributed by atoms with Crippen molar-refractivity contribution in [1.29, 1.82) is 0 Å². The van der Waals surface area contributed by atoms with Crippen molar-refractivity contribution in [2.24, 2.45) is 28.9 Å². The molecule has 3 rings (SSSR count). The van der Waals surface area contributed by atoms with Gasteiger partial charge in [-0.05, 0) is 36.5 Å². The smallest absolute Gasteiger partial charge is 0.315 e. The molecular weight excluding hydrogens is 428 g/mol. The van der Waals surface area contributed by atoms with Crippen molar-refractivity contribution in [3.63, 3.8) is 0 Å². The second kappa shape index (κ2) is 8.99. The largest absolute Gasteiger partial charge is 0.368 e. The summed E-state index contributed by atoms with van der Waals surface area (Å²) in [5.41, 5.74) is 5.25. The Hall–Kier alpha value is -2.79. The van der Waals surface area contributed by atoms with Crippen molar-refractivity contribution < 1.29 is 32.8 Å². The molecule has 10 nitrogen and oxygen atoms in total. The quantitative estimate of drug-likeness (QED) is 0.359. The molecule has 5 N–H and O–H groups in total. The Balaban J connectivity index is 1.69. The van der Waals surface area contributed by atoms with Gasteiger partial charge >= 0.3 is 6.43 Å². The van der Waals surface area contributed by atoms with E-state index in [2.05, 4.69) is 10.6 Å². The Bertz CT molecular complexity index is 820. The zero-order valence-corrected chi connectivity index (χ0v) is 18.0. The van der Waals surface area contributed by atoms with Gasteiger partial charge in [0.2, 0.25) is 23.6 Å². The SMILES string of the molecule is CC1(C)C2CN(C(=O)CNC(=O)C(F)F)[C@H](C(=O)N[C@@H](C[C@@H]3CCCNC3=O)C(N)=O)[C@H]21. The van der Waals surface area contributed by atoms with Crippen LogP contribution in [0.2, 0.25) is 0 Å². The van der Waals surface area contributed by atoms with Crippen molar-refractivity contribution in [2.45, 2.75) is 51.6 Å². The average molecular weight is 457 g/mol. The van der Waals surface area contributed by atoms with E-state index in [4.69, 9.17) is 5.73 Å². The minimum absolute atomic E-state index is 0.0316. The molecule has 1 saturated carbocycles. The zero-order chi connectivity index (χ0) is 23.8. The van der Waals surface area contributed by atoms with Gasteiger partial charge in [0.05, 0.1) is 6.54 Å². The number of likely N-dealkylation sites (tertiary alicyclic amines) is 1. The Morgan fingerprint density at radius 3 is 2.56 bits per heavy atom. The Morgan fingerprint density at radius 2 is 1.97 bits per heavy atom. The number of halogens is 2. The number of hydrogen-bond acceptors (Lipinski definition) is 5. The summed E-state index contributed by atoms with van der Waals surface area (Å²) in [4.78, 5) is 62.1. The molecule has 0 aromatic rings. The summed E-state index contributed by atoms with van der Waals surface area (Å²) in [6.07, 6.45) is -1.87. The highest BCUT2D eigenvalue weighted by Gasteiger charge is 2.69. The molecule has 0 spiro atoms. The lowest BCUT2D eigenvalue weighted by Crippen LogP contribution is -2.56. The number of nitrogens with zero attached hydrogens (tertiary/aromatic N) is 1. The number of fused-ring (bicyclic) bond motifs is 1. The van der Waals surface area contributed by atoms with Crippen molar-refractivity contribution in [3.8, 4) is 0 Å². The average Bonchev–Trinajstić information content (AvgIpc) is 3.07. The standard InChI is InChI=1S/C20H29F2N5O5/c1-20(2)10-8-27(12(28)7-25-19(32)15(21)22)14(13(10)20)18(31)26-11(16(23)29)6-9-4-3-5-24-17(9)30/h9-11,13-15H,3-8H2,1-2H3,(H2,23,29)(H,24,30)(H,25,32)(H,26,31)/t9-,10?,11-,13-,14-/m0/s1. The minimum Gasteiger partial charge on any atom is -0.368 e. The topological polar surface area (TPSA) is 151 Å². The fourth-order valence-corrected chi connectivity index (χ4v) is 5.03. The van der Waals surface area contributed by atoms with Gasteiger partial charge in [-0.15, -0.1) is 0 Å². The van der Waals surface area contributed by atoms with Crippen LogP contribution in [0.3, 0.4) is 0 Å². The highest BCUT2D eigenvalue weighted by atomic mass is 19.3. The molecule has 2 saturated heterocycles. The highest BCUT2D eigenvalue weighted by molar-refractivity contribution is 5.94. The molecule has 0 aromatic heterocycles. The van der Waals surface area contributed by atoms with Crippen LogP contribution in [0.15, 0.2) is 0 Å². The van der Waals surface area contributed by atoms with Gasteiger partial charge in [-0.25, -0.2) is 0 Å². The lowest BCUT2D eigenvalue weighted by Gasteiger charge is -2.32. The number of carbonyl (C=O) groups is 5. The number of piperidine rings is 2. The van der Waals surface area contributed by atoms with Gasteiger partial charge < -0.3 is 26.6 Å². The van der Waals surface area contributed by atoms with Crippen LogP contribution < -0.4 is 21.7 Å². The van der Waals surface area contributed by atoms with Crippen LogP contribution in [0, 0.1) is 23.2 Å². The Labute approximate surface area is 184 Å². The van der Waals surface area contributed by atoms with Gasteiger partial charge in [0.1, 0.15) is 12.1 Å². The number of primary amides is 1. The first-order chi connectivity index (χ1) is 14.9. The molecule has 3 fully saturated rings. The molecule has 5 amide bonds. The first-order valence-electron chi connectivity index (χ1n) is 10.7. The monoisotopic (exact) mass is 457 g/mol. The van der Waals surface area contributed by atoms with E-state index in [0.717, 1.165) is 6.42 Å². The first kappa shape index (κ1) is 23.9. The van der Waals surface area contributed by atoms with Crippen LogP contribution in [-0.4, -0.2) is 72.6 Å². The second-order valence-electron chi connectivity index (χ2n) is 9.29. The van der Waals surface area contributed by atoms with E-state index in [1.165, 1.54) is 4.90 Å². The van der Waals surface area contributed by atoms with Crippen LogP contribution in [0.1, 0.15) is 33.1 Å². The van der Waals surface area contributed by atoms with Gasteiger partial charge in [0.15, 0.2) is 0 Å². The van der Waals surface area contributed by atoms with Crippen LogP contribution >= 0.6 is 0 Å². The number of hydrogen-bond donors (Lipinski definition) is 4. The maximum atomic E-state index is 13.1. The zero-order valence-electron chi connectivity index (χ0n) is 18.0. The van der Waals surface area contributed by atoms with Crippen molar-refractivity contribution in [1.82, 2.24) is 20.9 Å². The summed E-state index contributed by atoms with van der Waals surface area (Å²) in [7, 11) is 0. The van der Waals surface area contributed by atoms with E-state index in [1.807, 2.05) is 19.2 Å². The lowest BCUT2D eigenvalue weighted by atomic mass is 9.91. The molecule has 2 heterocycles. The van der Waals surface area contributed by atoms with Gasteiger partial charge in [-0.2, -0.15) is 8.78 Å². The van der Waals surface area contributed by atoms with E-state index in [9.17, 15) is 32.8 Å². The second-order valence-corrected chi connectivity index (χ2v) is 9.29. The minimum atomic E-state index is -3.25. The molecule has 5 atom stereocenters. The molecule has 178 valence electrons. The number of amides is 5. The summed E-state index contributed by atoms with van der Waals surface area (Å²) in [5.74, 6) is -4.41. The van der Waals surface area contributed by atoms with Crippen LogP contribution in [0.4, 0.5) is 8.78 Å². The number of alkyl halides is 2. The Kier molecular flexibility index (Phi) is 6.70. The Morgan fingerprint density at radius 1 is 1.28 bits per heavy atom. The maximum Gasteiger partial charge on any atom is 0.315 e. The first-order valence-corrected chi connectivity index (χ1v) is 10.7. The fraction of sp³-hybridized carbons (Fsp3) is 0.750. The molecule has 0 aromatic carbocycles. The summed E-state index contributed by atoms with van der Waals surface area (Å²) < 4.78 is 24.8. The lowest BCUT2D eigenvalue weighted by molar-refractivity contribution is -0.142. The van der Waals surface area contributed by atoms with Crippen LogP contribution in [-0.2, 0) is 24.0 Å². The number of rotatable bonds is 8. The molecule has 12 heteroatoms. The fourth-order valence-electron chi connectivity index (χ4n) is 5.03. The predicted molar refractivity (Wildman–Crippen MR) is 107 cm³/mol. The summed E-state index contributed by atoms with van der Waals surface area (Å²) >= 11 is 0. The number of nitrogens with two attached hydrogens (primary N) is 1. The van der Waals surface area contributed by atoms with E-state index in [-0.39, 0.29) is 36.1 Å². The number of nitrogens with one attached hydrogen (secondary N) is 3. The van der Waals surface area contributed by atoms with Gasteiger partial charge in [-0.1, -0.05) is 13.8 Å². The molecule has 1 aliphatic carbocycles. The molecule has 2 aliphatic heterocycles. The van der Waals surface area contributed by atoms with E-state index >= 15 is 0 Å². The molecule has 0 radical (unpaired) electrons. The van der Waals surface area contributed by atoms with Crippen molar-refractivity contribution in [3.05, 3.63) is 0 Å². The van der Waals surface area contributed by atoms with E-state index < -0.39 is 54.6 Å². The molecular formula is C20H29F2N5O5. The van der Waals surface area contributed by atoms with Crippen molar-refractivity contribution >= 4 is 29.5 Å². The third-order valence-corrected chi connectivity index (χ3v) is 6.99. The van der Waals surface area contributed by atoms with Crippen molar-refractivity contribution in [2.75, 3.05) is 19.6 Å². The summed E-state index contributed by atoms with van der Waals surface area (Å²) in [5, 5.41) is 7.17. The maximum absolute atomic E-state index is 13.1. The van der Waals surface area contributed by atoms with Crippen LogP contribution in [0.25, 0.3) is 0 Å².